The van der Waals surface area contributed by atoms with Crippen molar-refractivity contribution in [2.24, 2.45) is 0 Å². The van der Waals surface area contributed by atoms with Gasteiger partial charge in [0, 0.05) is 12.2 Å². The van der Waals surface area contributed by atoms with Crippen LogP contribution >= 0.6 is 0 Å². The molecule has 0 unspecified atom stereocenters. The van der Waals surface area contributed by atoms with E-state index in [9.17, 15) is 18.0 Å². The second-order valence-electron chi connectivity index (χ2n) is 6.47. The zero-order chi connectivity index (χ0) is 19.7. The number of anilines is 3. The van der Waals surface area contributed by atoms with Gasteiger partial charge in [0.05, 0.1) is 17.6 Å². The fraction of sp³-hybridized carbons (Fsp3) is 0.143. The van der Waals surface area contributed by atoms with Gasteiger partial charge in [-0.1, -0.05) is 18.2 Å². The van der Waals surface area contributed by atoms with E-state index in [4.69, 9.17) is 0 Å². The molecule has 0 saturated carbocycles. The van der Waals surface area contributed by atoms with Crippen LogP contribution in [0.5, 0.6) is 0 Å². The molecule has 0 saturated heterocycles. The largest absolute Gasteiger partial charge is 0.352 e. The van der Waals surface area contributed by atoms with Crippen LogP contribution in [0, 0.1) is 17.5 Å². The van der Waals surface area contributed by atoms with E-state index in [2.05, 4.69) is 10.3 Å². The second-order valence-corrected chi connectivity index (χ2v) is 6.47. The zero-order valence-corrected chi connectivity index (χ0v) is 14.8. The lowest BCUT2D eigenvalue weighted by Gasteiger charge is -2.29. The van der Waals surface area contributed by atoms with Crippen LogP contribution in [-0.4, -0.2) is 17.4 Å². The SMILES string of the molecule is O=C(c1ccc(Nc2ccc(F)c(F)c2F)cn1)N1CCCc2ccccc21. The highest BCUT2D eigenvalue weighted by molar-refractivity contribution is 6.05. The predicted octanol–water partition coefficient (Wildman–Crippen LogP) is 4.84. The van der Waals surface area contributed by atoms with Crippen molar-refractivity contribution in [3.63, 3.8) is 0 Å². The Labute approximate surface area is 159 Å². The smallest absolute Gasteiger partial charge is 0.276 e. The highest BCUT2D eigenvalue weighted by atomic mass is 19.2. The molecular formula is C21H16F3N3O. The number of para-hydroxylation sites is 1. The number of aromatic nitrogens is 1. The molecular weight excluding hydrogens is 367 g/mol. The van der Waals surface area contributed by atoms with Crippen LogP contribution in [0.2, 0.25) is 0 Å². The third kappa shape index (κ3) is 3.31. The van der Waals surface area contributed by atoms with Crippen molar-refractivity contribution in [2.75, 3.05) is 16.8 Å². The highest BCUT2D eigenvalue weighted by Crippen LogP contribution is 2.28. The van der Waals surface area contributed by atoms with Gasteiger partial charge in [0.2, 0.25) is 0 Å². The lowest BCUT2D eigenvalue weighted by atomic mass is 10.0. The van der Waals surface area contributed by atoms with Crippen molar-refractivity contribution < 1.29 is 18.0 Å². The van der Waals surface area contributed by atoms with Gasteiger partial charge < -0.3 is 10.2 Å². The van der Waals surface area contributed by atoms with Crippen LogP contribution in [0.3, 0.4) is 0 Å². The van der Waals surface area contributed by atoms with Gasteiger partial charge in [-0.3, -0.25) is 4.79 Å². The molecule has 28 heavy (non-hydrogen) atoms. The Hall–Kier alpha value is -3.35. The minimum Gasteiger partial charge on any atom is -0.352 e. The molecule has 4 rings (SSSR count). The molecule has 2 aromatic carbocycles. The molecule has 1 aliphatic rings. The zero-order valence-electron chi connectivity index (χ0n) is 14.8. The van der Waals surface area contributed by atoms with E-state index in [0.29, 0.717) is 12.2 Å². The number of hydrogen-bond donors (Lipinski definition) is 1. The molecule has 2 heterocycles. The van der Waals surface area contributed by atoms with E-state index in [1.54, 1.807) is 4.90 Å². The Morgan fingerprint density at radius 1 is 1.00 bits per heavy atom. The molecule has 0 spiro atoms. The van der Waals surface area contributed by atoms with Gasteiger partial charge in [-0.05, 0) is 48.7 Å². The van der Waals surface area contributed by atoms with Crippen molar-refractivity contribution in [1.82, 2.24) is 4.98 Å². The van der Waals surface area contributed by atoms with Crippen LogP contribution in [0.15, 0.2) is 54.7 Å². The van der Waals surface area contributed by atoms with E-state index >= 15 is 0 Å². The standard InChI is InChI=1S/C21H16F3N3O/c22-15-8-10-16(20(24)19(15)23)26-14-7-9-17(25-12-14)21(28)27-11-3-5-13-4-1-2-6-18(13)27/h1-2,4,6-10,12,26H,3,5,11H2. The first kappa shape index (κ1) is 18.0. The quantitative estimate of drug-likeness (QED) is 0.659. The maximum Gasteiger partial charge on any atom is 0.276 e. The molecule has 3 aromatic rings. The molecule has 0 fully saturated rings. The van der Waals surface area contributed by atoms with Gasteiger partial charge in [-0.2, -0.15) is 0 Å². The molecule has 0 aliphatic carbocycles. The van der Waals surface area contributed by atoms with Crippen molar-refractivity contribution in [3.8, 4) is 0 Å². The number of hydrogen-bond acceptors (Lipinski definition) is 3. The Kier molecular flexibility index (Phi) is 4.73. The summed E-state index contributed by atoms with van der Waals surface area (Å²) in [4.78, 5) is 18.7. The molecule has 1 N–H and O–H groups in total. The van der Waals surface area contributed by atoms with Gasteiger partial charge in [0.1, 0.15) is 5.69 Å². The van der Waals surface area contributed by atoms with E-state index in [0.717, 1.165) is 36.2 Å². The van der Waals surface area contributed by atoms with Crippen LogP contribution in [0.4, 0.5) is 30.2 Å². The molecule has 0 radical (unpaired) electrons. The Balaban J connectivity index is 1.54. The summed E-state index contributed by atoms with van der Waals surface area (Å²) in [7, 11) is 0. The van der Waals surface area contributed by atoms with Crippen LogP contribution in [-0.2, 0) is 6.42 Å². The third-order valence-corrected chi connectivity index (χ3v) is 4.65. The monoisotopic (exact) mass is 383 g/mol. The van der Waals surface area contributed by atoms with E-state index in [1.807, 2.05) is 24.3 Å². The molecule has 1 amide bonds. The van der Waals surface area contributed by atoms with Gasteiger partial charge in [0.25, 0.3) is 5.91 Å². The van der Waals surface area contributed by atoms with Crippen LogP contribution in [0.1, 0.15) is 22.5 Å². The molecule has 0 bridgehead atoms. The number of benzene rings is 2. The van der Waals surface area contributed by atoms with E-state index in [-0.39, 0.29) is 17.3 Å². The van der Waals surface area contributed by atoms with Crippen molar-refractivity contribution in [1.29, 1.82) is 0 Å². The average Bonchev–Trinajstić information content (AvgIpc) is 2.74. The first-order valence-electron chi connectivity index (χ1n) is 8.81. The van der Waals surface area contributed by atoms with Crippen molar-refractivity contribution in [3.05, 3.63) is 83.4 Å². The predicted molar refractivity (Wildman–Crippen MR) is 100 cm³/mol. The lowest BCUT2D eigenvalue weighted by molar-refractivity contribution is 0.0980. The number of rotatable bonds is 3. The second kappa shape index (κ2) is 7.34. The molecule has 0 atom stereocenters. The minimum absolute atomic E-state index is 0.218. The van der Waals surface area contributed by atoms with Crippen molar-refractivity contribution >= 4 is 23.0 Å². The van der Waals surface area contributed by atoms with Crippen LogP contribution in [0.25, 0.3) is 0 Å². The number of fused-ring (bicyclic) bond motifs is 1. The summed E-state index contributed by atoms with van der Waals surface area (Å²) in [5.74, 6) is -4.35. The lowest BCUT2D eigenvalue weighted by Crippen LogP contribution is -2.35. The number of carbonyl (C=O) groups is 1. The van der Waals surface area contributed by atoms with Gasteiger partial charge >= 0.3 is 0 Å². The fourth-order valence-electron chi connectivity index (χ4n) is 3.26. The van der Waals surface area contributed by atoms with Gasteiger partial charge in [0.15, 0.2) is 17.5 Å². The van der Waals surface area contributed by atoms with E-state index in [1.165, 1.54) is 18.3 Å². The van der Waals surface area contributed by atoms with Gasteiger partial charge in [-0.15, -0.1) is 0 Å². The van der Waals surface area contributed by atoms with E-state index < -0.39 is 17.5 Å². The third-order valence-electron chi connectivity index (χ3n) is 4.65. The first-order valence-corrected chi connectivity index (χ1v) is 8.81. The number of pyridine rings is 1. The molecule has 1 aliphatic heterocycles. The topological polar surface area (TPSA) is 45.2 Å². The summed E-state index contributed by atoms with van der Waals surface area (Å²) >= 11 is 0. The fourth-order valence-corrected chi connectivity index (χ4v) is 3.26. The summed E-state index contributed by atoms with van der Waals surface area (Å²) in [6, 6.07) is 12.7. The summed E-state index contributed by atoms with van der Waals surface area (Å²) in [5.41, 5.74) is 2.37. The maximum atomic E-state index is 13.8. The summed E-state index contributed by atoms with van der Waals surface area (Å²) < 4.78 is 40.1. The Morgan fingerprint density at radius 2 is 1.82 bits per heavy atom. The number of amides is 1. The highest BCUT2D eigenvalue weighted by Gasteiger charge is 2.24. The summed E-state index contributed by atoms with van der Waals surface area (Å²) in [5, 5.41) is 2.63. The molecule has 142 valence electrons. The number of nitrogens with zero attached hydrogens (tertiary/aromatic N) is 2. The Morgan fingerprint density at radius 3 is 2.61 bits per heavy atom. The maximum absolute atomic E-state index is 13.8. The number of halogens is 3. The minimum atomic E-state index is -1.55. The average molecular weight is 383 g/mol. The number of aryl methyl sites for hydroxylation is 1. The molecule has 7 heteroatoms. The Bertz CT molecular complexity index is 1040. The normalized spacial score (nSPS) is 13.2. The number of carbonyl (C=O) groups excluding carboxylic acids is 1. The molecule has 4 nitrogen and oxygen atoms in total. The summed E-state index contributed by atoms with van der Waals surface area (Å²) in [6.07, 6.45) is 3.15. The van der Waals surface area contributed by atoms with Gasteiger partial charge in [-0.25, -0.2) is 18.2 Å². The van der Waals surface area contributed by atoms with Crippen LogP contribution < -0.4 is 10.2 Å². The summed E-state index contributed by atoms with van der Waals surface area (Å²) in [6.45, 7) is 0.609. The number of nitrogens with one attached hydrogen (secondary N) is 1. The molecule has 1 aromatic heterocycles. The first-order chi connectivity index (χ1) is 13.5. The van der Waals surface area contributed by atoms with Crippen molar-refractivity contribution in [2.45, 2.75) is 12.8 Å².